The Kier molecular flexibility index (Phi) is 6.11. The number of aryl methyl sites for hydroxylation is 1. The number of hydrogen-bond donors (Lipinski definition) is 1. The molecule has 0 saturated heterocycles. The van der Waals surface area contributed by atoms with Crippen LogP contribution < -0.4 is 15.2 Å². The Morgan fingerprint density at radius 3 is 2.76 bits per heavy atom. The van der Waals surface area contributed by atoms with Gasteiger partial charge in [0.25, 0.3) is 5.56 Å². The number of nitrogens with zero attached hydrogens (tertiary/aromatic N) is 5. The van der Waals surface area contributed by atoms with Crippen LogP contribution >= 0.6 is 0 Å². The Morgan fingerprint density at radius 1 is 1.11 bits per heavy atom. The molecule has 0 radical (unpaired) electrons. The molecule has 0 spiro atoms. The van der Waals surface area contributed by atoms with E-state index in [1.165, 1.54) is 6.07 Å². The number of tetrazole rings is 1. The maximum Gasteiger partial charge on any atom is 0.254 e. The van der Waals surface area contributed by atoms with Gasteiger partial charge in [0.2, 0.25) is 0 Å². The molecular formula is C29H27FN6O2. The molecule has 5 aromatic rings. The van der Waals surface area contributed by atoms with E-state index in [2.05, 4.69) is 32.3 Å². The second kappa shape index (κ2) is 9.74. The lowest BCUT2D eigenvalue weighted by atomic mass is 9.92. The Balaban J connectivity index is 1.57. The largest absolute Gasteiger partial charge is 0.497 e. The van der Waals surface area contributed by atoms with E-state index >= 15 is 0 Å². The van der Waals surface area contributed by atoms with Crippen molar-refractivity contribution in [3.63, 3.8) is 0 Å². The van der Waals surface area contributed by atoms with Crippen LogP contribution in [0, 0.1) is 5.82 Å². The van der Waals surface area contributed by atoms with E-state index in [-0.39, 0.29) is 17.4 Å². The van der Waals surface area contributed by atoms with Crippen LogP contribution in [0.2, 0.25) is 0 Å². The van der Waals surface area contributed by atoms with Crippen molar-refractivity contribution in [1.82, 2.24) is 25.2 Å². The highest BCUT2D eigenvalue weighted by atomic mass is 19.1. The fourth-order valence-corrected chi connectivity index (χ4v) is 5.36. The lowest BCUT2D eigenvalue weighted by molar-refractivity contribution is 0.415. The first kappa shape index (κ1) is 23.8. The van der Waals surface area contributed by atoms with Gasteiger partial charge >= 0.3 is 0 Å². The van der Waals surface area contributed by atoms with Gasteiger partial charge in [-0.15, -0.1) is 5.10 Å². The number of aromatic nitrogens is 5. The van der Waals surface area contributed by atoms with Crippen molar-refractivity contribution < 1.29 is 9.13 Å². The molecule has 9 heteroatoms. The number of ether oxygens (including phenoxy) is 1. The first-order chi connectivity index (χ1) is 18.5. The fraction of sp³-hybridized carbons (Fsp3) is 0.241. The average molecular weight is 511 g/mol. The molecule has 0 unspecified atom stereocenters. The average Bonchev–Trinajstić information content (AvgIpc) is 3.38. The summed E-state index contributed by atoms with van der Waals surface area (Å²) in [5.41, 5.74) is 3.77. The molecule has 6 rings (SSSR count). The molecule has 1 N–H and O–H groups in total. The lowest BCUT2D eigenvalue weighted by Crippen LogP contribution is -2.43. The van der Waals surface area contributed by atoms with E-state index in [4.69, 9.17) is 4.74 Å². The van der Waals surface area contributed by atoms with Gasteiger partial charge in [0.05, 0.1) is 13.7 Å². The summed E-state index contributed by atoms with van der Waals surface area (Å²) in [7, 11) is 1.61. The minimum atomic E-state index is -0.618. The van der Waals surface area contributed by atoms with Crippen molar-refractivity contribution in [2.75, 3.05) is 12.0 Å². The number of pyridine rings is 1. The van der Waals surface area contributed by atoms with Crippen LogP contribution in [0.4, 0.5) is 10.1 Å². The summed E-state index contributed by atoms with van der Waals surface area (Å²) in [4.78, 5) is 18.8. The first-order valence-electron chi connectivity index (χ1n) is 12.6. The highest BCUT2D eigenvalue weighted by Gasteiger charge is 2.36. The third-order valence-corrected chi connectivity index (χ3v) is 7.26. The number of anilines is 1. The van der Waals surface area contributed by atoms with E-state index in [1.54, 1.807) is 23.9 Å². The van der Waals surface area contributed by atoms with Gasteiger partial charge in [-0.2, -0.15) is 0 Å². The number of aromatic amines is 1. The zero-order chi connectivity index (χ0) is 26.2. The Hall–Kier alpha value is -4.53. The van der Waals surface area contributed by atoms with E-state index in [0.29, 0.717) is 29.2 Å². The van der Waals surface area contributed by atoms with Crippen LogP contribution in [-0.2, 0) is 13.0 Å². The monoisotopic (exact) mass is 510 g/mol. The Labute approximate surface area is 218 Å². The molecule has 8 nitrogen and oxygen atoms in total. The number of rotatable bonds is 6. The molecule has 0 bridgehead atoms. The fourth-order valence-electron chi connectivity index (χ4n) is 5.36. The molecule has 1 aliphatic heterocycles. The van der Waals surface area contributed by atoms with Crippen molar-refractivity contribution in [2.24, 2.45) is 0 Å². The topological polar surface area (TPSA) is 88.9 Å². The Bertz CT molecular complexity index is 1670. The normalized spacial score (nSPS) is 15.9. The third-order valence-electron chi connectivity index (χ3n) is 7.26. The van der Waals surface area contributed by atoms with Gasteiger partial charge in [0, 0.05) is 28.2 Å². The predicted octanol–water partition coefficient (Wildman–Crippen LogP) is 4.64. The molecule has 3 heterocycles. The molecule has 2 atom stereocenters. The van der Waals surface area contributed by atoms with Crippen molar-refractivity contribution in [3.8, 4) is 5.75 Å². The minimum absolute atomic E-state index is 0.0419. The van der Waals surface area contributed by atoms with Crippen LogP contribution in [0.5, 0.6) is 5.75 Å². The number of H-pyrrole nitrogens is 1. The van der Waals surface area contributed by atoms with Crippen LogP contribution in [0.25, 0.3) is 10.9 Å². The number of methoxy groups -OCH3 is 1. The van der Waals surface area contributed by atoms with Gasteiger partial charge in [-0.1, -0.05) is 30.3 Å². The molecule has 192 valence electrons. The van der Waals surface area contributed by atoms with E-state index in [0.717, 1.165) is 35.0 Å². The summed E-state index contributed by atoms with van der Waals surface area (Å²) in [5, 5.41) is 13.6. The smallest absolute Gasteiger partial charge is 0.254 e. The number of nitrogens with one attached hydrogen (secondary N) is 1. The maximum absolute atomic E-state index is 14.2. The summed E-state index contributed by atoms with van der Waals surface area (Å²) >= 11 is 0. The van der Waals surface area contributed by atoms with Crippen LogP contribution in [-0.4, -0.2) is 38.3 Å². The SMILES string of the molecule is COc1ccc2[nH]c(=O)c([C@@H](c3nnnn3Cc3ccccc3)N3c4ccc(F)cc4CC[C@H]3C)cc2c1. The van der Waals surface area contributed by atoms with Crippen LogP contribution in [0.15, 0.2) is 77.6 Å². The van der Waals surface area contributed by atoms with E-state index < -0.39 is 6.04 Å². The molecule has 3 aromatic carbocycles. The number of fused-ring (bicyclic) bond motifs is 2. The van der Waals surface area contributed by atoms with Gasteiger partial charge in [0.1, 0.15) is 17.6 Å². The molecule has 0 amide bonds. The van der Waals surface area contributed by atoms with Crippen LogP contribution in [0.3, 0.4) is 0 Å². The molecule has 0 saturated carbocycles. The number of hydrogen-bond acceptors (Lipinski definition) is 6. The summed E-state index contributed by atoms with van der Waals surface area (Å²) in [6, 6.07) is 21.6. The quantitative estimate of drug-likeness (QED) is 0.358. The van der Waals surface area contributed by atoms with Crippen LogP contribution in [0.1, 0.15) is 41.9 Å². The summed E-state index contributed by atoms with van der Waals surface area (Å²) < 4.78 is 21.4. The second-order valence-corrected chi connectivity index (χ2v) is 9.66. The van der Waals surface area contributed by atoms with Gasteiger partial charge < -0.3 is 14.6 Å². The third kappa shape index (κ3) is 4.30. The molecular weight excluding hydrogens is 483 g/mol. The molecule has 38 heavy (non-hydrogen) atoms. The lowest BCUT2D eigenvalue weighted by Gasteiger charge is -2.42. The number of benzene rings is 3. The second-order valence-electron chi connectivity index (χ2n) is 9.66. The highest BCUT2D eigenvalue weighted by molar-refractivity contribution is 5.81. The van der Waals surface area contributed by atoms with Gasteiger partial charge in [-0.05, 0) is 83.8 Å². The van der Waals surface area contributed by atoms with Crippen molar-refractivity contribution in [1.29, 1.82) is 0 Å². The molecule has 0 fully saturated rings. The first-order valence-corrected chi connectivity index (χ1v) is 12.6. The maximum atomic E-state index is 14.2. The standard InChI is InChI=1S/C29H27FN6O2/c1-18-8-9-20-14-22(30)10-13-26(20)36(18)27(28-32-33-34-35(28)17-19-6-4-3-5-7-19)24-16-21-15-23(38-2)11-12-25(21)31-29(24)37/h3-7,10-16,18,27H,8-9,17H2,1-2H3,(H,31,37)/t18-,27+/m1/s1. The van der Waals surface area contributed by atoms with Gasteiger partial charge in [-0.25, -0.2) is 9.07 Å². The molecule has 0 aliphatic carbocycles. The van der Waals surface area contributed by atoms with Crippen molar-refractivity contribution in [2.45, 2.75) is 38.4 Å². The zero-order valence-electron chi connectivity index (χ0n) is 21.1. The van der Waals surface area contributed by atoms with Crippen molar-refractivity contribution >= 4 is 16.6 Å². The predicted molar refractivity (Wildman–Crippen MR) is 143 cm³/mol. The number of halogens is 1. The summed E-state index contributed by atoms with van der Waals surface area (Å²) in [5.74, 6) is 0.943. The van der Waals surface area contributed by atoms with Crippen molar-refractivity contribution in [3.05, 3.63) is 111 Å². The summed E-state index contributed by atoms with van der Waals surface area (Å²) in [6.45, 7) is 2.56. The highest BCUT2D eigenvalue weighted by Crippen LogP contribution is 2.40. The van der Waals surface area contributed by atoms with Gasteiger partial charge in [-0.3, -0.25) is 4.79 Å². The Morgan fingerprint density at radius 2 is 1.95 bits per heavy atom. The zero-order valence-corrected chi connectivity index (χ0v) is 21.1. The molecule has 1 aliphatic rings. The summed E-state index contributed by atoms with van der Waals surface area (Å²) in [6.07, 6.45) is 1.55. The minimum Gasteiger partial charge on any atom is -0.497 e. The van der Waals surface area contributed by atoms with E-state index in [9.17, 15) is 9.18 Å². The molecule has 2 aromatic heterocycles. The van der Waals surface area contributed by atoms with E-state index in [1.807, 2.05) is 54.6 Å². The van der Waals surface area contributed by atoms with Gasteiger partial charge in [0.15, 0.2) is 5.82 Å².